The Morgan fingerprint density at radius 2 is 2.10 bits per heavy atom. The van der Waals surface area contributed by atoms with Crippen LogP contribution in [0.1, 0.15) is 50.3 Å². The fourth-order valence-electron chi connectivity index (χ4n) is 3.46. The summed E-state index contributed by atoms with van der Waals surface area (Å²) in [5.74, 6) is -0.869. The third-order valence-electron chi connectivity index (χ3n) is 4.60. The maximum absolute atomic E-state index is 11.1. The number of hydrogen-bond donors (Lipinski definition) is 1. The number of nitrogens with zero attached hydrogens (tertiary/aromatic N) is 3. The molecule has 2 aliphatic rings. The monoisotopic (exact) mass is 277 g/mol. The molecule has 1 saturated carbocycles. The van der Waals surface area contributed by atoms with Crippen molar-refractivity contribution >= 4 is 5.97 Å². The molecule has 1 aromatic rings. The van der Waals surface area contributed by atoms with E-state index in [1.54, 1.807) is 0 Å². The lowest BCUT2D eigenvalue weighted by Crippen LogP contribution is -2.38. The van der Waals surface area contributed by atoms with Crippen molar-refractivity contribution in [3.05, 3.63) is 18.0 Å². The molecule has 5 heteroatoms. The number of carbonyl (C=O) groups is 1. The fourth-order valence-corrected chi connectivity index (χ4v) is 3.46. The van der Waals surface area contributed by atoms with E-state index in [1.807, 2.05) is 0 Å². The summed E-state index contributed by atoms with van der Waals surface area (Å²) in [6, 6.07) is 2.67. The summed E-state index contributed by atoms with van der Waals surface area (Å²) < 4.78 is 2.11. The first kappa shape index (κ1) is 13.6. The van der Waals surface area contributed by atoms with Crippen LogP contribution in [0.2, 0.25) is 0 Å². The van der Waals surface area contributed by atoms with Gasteiger partial charge in [-0.05, 0) is 38.3 Å². The van der Waals surface area contributed by atoms with Gasteiger partial charge in [-0.15, -0.1) is 0 Å². The number of aliphatic carboxylic acids is 1. The molecule has 1 unspecified atom stereocenters. The molecular formula is C15H23N3O2. The molecule has 110 valence electrons. The zero-order chi connectivity index (χ0) is 13.9. The summed E-state index contributed by atoms with van der Waals surface area (Å²) in [5, 5.41) is 13.8. The predicted octanol–water partition coefficient (Wildman–Crippen LogP) is 2.29. The maximum atomic E-state index is 11.1. The average Bonchev–Trinajstić information content (AvgIpc) is 3.09. The quantitative estimate of drug-likeness (QED) is 0.917. The van der Waals surface area contributed by atoms with E-state index in [1.165, 1.54) is 25.7 Å². The van der Waals surface area contributed by atoms with Crippen molar-refractivity contribution in [1.29, 1.82) is 0 Å². The van der Waals surface area contributed by atoms with Crippen molar-refractivity contribution in [2.75, 3.05) is 13.1 Å². The highest BCUT2D eigenvalue weighted by Crippen LogP contribution is 2.29. The van der Waals surface area contributed by atoms with Crippen molar-refractivity contribution in [1.82, 2.24) is 14.7 Å². The molecule has 2 heterocycles. The van der Waals surface area contributed by atoms with E-state index >= 15 is 0 Å². The third-order valence-corrected chi connectivity index (χ3v) is 4.60. The molecule has 3 rings (SSSR count). The minimum Gasteiger partial charge on any atom is -0.481 e. The lowest BCUT2D eigenvalue weighted by atomic mass is 9.98. The van der Waals surface area contributed by atoms with Crippen molar-refractivity contribution in [3.8, 4) is 0 Å². The summed E-state index contributed by atoms with van der Waals surface area (Å²) in [6.07, 6.45) is 8.98. The van der Waals surface area contributed by atoms with Gasteiger partial charge in [0.25, 0.3) is 0 Å². The van der Waals surface area contributed by atoms with Gasteiger partial charge >= 0.3 is 5.97 Å². The Hall–Kier alpha value is -1.36. The minimum absolute atomic E-state index is 0.208. The molecule has 1 saturated heterocycles. The van der Waals surface area contributed by atoms with Crippen LogP contribution in [-0.2, 0) is 11.3 Å². The second-order valence-corrected chi connectivity index (χ2v) is 6.14. The van der Waals surface area contributed by atoms with Gasteiger partial charge in [0, 0.05) is 19.3 Å². The Morgan fingerprint density at radius 1 is 1.30 bits per heavy atom. The highest BCUT2D eigenvalue weighted by Gasteiger charge is 2.26. The van der Waals surface area contributed by atoms with Crippen molar-refractivity contribution in [3.63, 3.8) is 0 Å². The fraction of sp³-hybridized carbons (Fsp3) is 0.733. The molecule has 1 aliphatic carbocycles. The largest absolute Gasteiger partial charge is 0.481 e. The Bertz CT molecular complexity index is 465. The molecule has 1 N–H and O–H groups in total. The van der Waals surface area contributed by atoms with Crippen LogP contribution in [0.4, 0.5) is 0 Å². The first-order valence-electron chi connectivity index (χ1n) is 7.71. The minimum atomic E-state index is -0.661. The van der Waals surface area contributed by atoms with Gasteiger partial charge in [-0.1, -0.05) is 12.8 Å². The molecule has 1 atom stereocenters. The molecule has 1 aromatic heterocycles. The van der Waals surface area contributed by atoms with Gasteiger partial charge in [0.1, 0.15) is 0 Å². The maximum Gasteiger partial charge on any atom is 0.307 e. The first-order valence-corrected chi connectivity index (χ1v) is 7.71. The Kier molecular flexibility index (Phi) is 4.05. The van der Waals surface area contributed by atoms with Crippen LogP contribution >= 0.6 is 0 Å². The molecule has 0 amide bonds. The zero-order valence-corrected chi connectivity index (χ0v) is 11.9. The number of likely N-dealkylation sites (tertiary alicyclic amines) is 1. The van der Waals surface area contributed by atoms with Gasteiger partial charge in [-0.3, -0.25) is 14.4 Å². The van der Waals surface area contributed by atoms with Gasteiger partial charge in [-0.2, -0.15) is 5.10 Å². The van der Waals surface area contributed by atoms with E-state index in [4.69, 9.17) is 5.11 Å². The van der Waals surface area contributed by atoms with E-state index in [0.29, 0.717) is 12.6 Å². The van der Waals surface area contributed by atoms with Crippen molar-refractivity contribution in [2.45, 2.75) is 51.1 Å². The van der Waals surface area contributed by atoms with E-state index in [9.17, 15) is 4.79 Å². The molecule has 2 fully saturated rings. The topological polar surface area (TPSA) is 58.4 Å². The summed E-state index contributed by atoms with van der Waals surface area (Å²) in [4.78, 5) is 13.3. The predicted molar refractivity (Wildman–Crippen MR) is 75.4 cm³/mol. The molecular weight excluding hydrogens is 254 g/mol. The summed E-state index contributed by atoms with van der Waals surface area (Å²) in [7, 11) is 0. The van der Waals surface area contributed by atoms with Crippen LogP contribution in [-0.4, -0.2) is 38.8 Å². The van der Waals surface area contributed by atoms with E-state index in [2.05, 4.69) is 26.9 Å². The molecule has 0 spiro atoms. The van der Waals surface area contributed by atoms with Crippen molar-refractivity contribution < 1.29 is 9.90 Å². The van der Waals surface area contributed by atoms with Crippen LogP contribution in [0, 0.1) is 5.92 Å². The Labute approximate surface area is 119 Å². The van der Waals surface area contributed by atoms with Crippen LogP contribution in [0.25, 0.3) is 0 Å². The Morgan fingerprint density at radius 3 is 2.85 bits per heavy atom. The highest BCUT2D eigenvalue weighted by atomic mass is 16.4. The average molecular weight is 277 g/mol. The highest BCUT2D eigenvalue weighted by molar-refractivity contribution is 5.70. The van der Waals surface area contributed by atoms with E-state index in [0.717, 1.165) is 31.6 Å². The third kappa shape index (κ3) is 3.03. The summed E-state index contributed by atoms with van der Waals surface area (Å²) >= 11 is 0. The lowest BCUT2D eigenvalue weighted by Gasteiger charge is -2.29. The van der Waals surface area contributed by atoms with E-state index < -0.39 is 5.97 Å². The van der Waals surface area contributed by atoms with Gasteiger partial charge in [-0.25, -0.2) is 0 Å². The first-order chi connectivity index (χ1) is 9.72. The van der Waals surface area contributed by atoms with Crippen LogP contribution in [0.3, 0.4) is 0 Å². The second-order valence-electron chi connectivity index (χ2n) is 6.14. The number of rotatable bonds is 4. The standard InChI is InChI=1S/C15H23N3O2/c19-15(20)12-4-3-8-17(10-12)11-13-7-9-18(16-13)14-5-1-2-6-14/h7,9,12,14H,1-6,8,10-11H2,(H,19,20). The van der Waals surface area contributed by atoms with Crippen LogP contribution in [0.5, 0.6) is 0 Å². The van der Waals surface area contributed by atoms with Crippen LogP contribution < -0.4 is 0 Å². The van der Waals surface area contributed by atoms with Crippen molar-refractivity contribution in [2.24, 2.45) is 5.92 Å². The Balaban J connectivity index is 1.58. The molecule has 5 nitrogen and oxygen atoms in total. The second kappa shape index (κ2) is 5.95. The van der Waals surface area contributed by atoms with Gasteiger partial charge in [0.15, 0.2) is 0 Å². The lowest BCUT2D eigenvalue weighted by molar-refractivity contribution is -0.143. The number of aromatic nitrogens is 2. The number of carboxylic acid groups (broad SMARTS) is 1. The van der Waals surface area contributed by atoms with Gasteiger partial charge in [0.2, 0.25) is 0 Å². The molecule has 0 bridgehead atoms. The van der Waals surface area contributed by atoms with Crippen LogP contribution in [0.15, 0.2) is 12.3 Å². The SMILES string of the molecule is O=C(O)C1CCCN(Cc2ccn(C3CCCC3)n2)C1. The molecule has 20 heavy (non-hydrogen) atoms. The number of carboxylic acids is 1. The summed E-state index contributed by atoms with van der Waals surface area (Å²) in [6.45, 7) is 2.43. The molecule has 1 aliphatic heterocycles. The number of hydrogen-bond acceptors (Lipinski definition) is 3. The summed E-state index contributed by atoms with van der Waals surface area (Å²) in [5.41, 5.74) is 1.07. The van der Waals surface area contributed by atoms with Gasteiger partial charge < -0.3 is 5.11 Å². The normalized spacial score (nSPS) is 25.1. The smallest absolute Gasteiger partial charge is 0.307 e. The number of piperidine rings is 1. The molecule has 0 radical (unpaired) electrons. The zero-order valence-electron chi connectivity index (χ0n) is 11.9. The van der Waals surface area contributed by atoms with Gasteiger partial charge in [0.05, 0.1) is 17.7 Å². The van der Waals surface area contributed by atoms with E-state index in [-0.39, 0.29) is 5.92 Å². The molecule has 0 aromatic carbocycles.